The SMILES string of the molecule is CCCCCCCC(O)CCCCCCC(C(=O)O)C(O)CCC1(O)CCCC1Cc1cc2cc3ccccc3cc2[nH]1. The molecule has 0 bridgehead atoms. The molecule has 4 rings (SSSR count). The molecule has 5 unspecified atom stereocenters. The van der Waals surface area contributed by atoms with E-state index in [4.69, 9.17) is 0 Å². The van der Waals surface area contributed by atoms with Gasteiger partial charge in [-0.15, -0.1) is 0 Å². The monoisotopic (exact) mass is 593 g/mol. The number of aromatic amines is 1. The van der Waals surface area contributed by atoms with Crippen molar-refractivity contribution >= 4 is 27.6 Å². The number of H-pyrrole nitrogens is 1. The maximum Gasteiger partial charge on any atom is 0.309 e. The highest BCUT2D eigenvalue weighted by atomic mass is 16.4. The van der Waals surface area contributed by atoms with Crippen LogP contribution in [0.5, 0.6) is 0 Å². The molecule has 3 aromatic rings. The number of unbranched alkanes of at least 4 members (excludes halogenated alkanes) is 7. The Kier molecular flexibility index (Phi) is 12.9. The van der Waals surface area contributed by atoms with Crippen LogP contribution < -0.4 is 0 Å². The highest BCUT2D eigenvalue weighted by Gasteiger charge is 2.42. The average Bonchev–Trinajstić information content (AvgIpc) is 3.55. The number of benzene rings is 2. The number of aliphatic hydroxyl groups excluding tert-OH is 2. The summed E-state index contributed by atoms with van der Waals surface area (Å²) in [5.74, 6) is -1.68. The van der Waals surface area contributed by atoms with Gasteiger partial charge in [0.1, 0.15) is 0 Å². The summed E-state index contributed by atoms with van der Waals surface area (Å²) in [6.45, 7) is 2.21. The first-order valence-corrected chi connectivity index (χ1v) is 17.1. The minimum Gasteiger partial charge on any atom is -0.481 e. The fourth-order valence-electron chi connectivity index (χ4n) is 7.31. The number of carbonyl (C=O) groups is 1. The van der Waals surface area contributed by atoms with Crippen LogP contribution >= 0.6 is 0 Å². The Morgan fingerprint density at radius 2 is 1.53 bits per heavy atom. The van der Waals surface area contributed by atoms with E-state index in [0.29, 0.717) is 25.7 Å². The predicted molar refractivity (Wildman–Crippen MR) is 175 cm³/mol. The molecule has 6 nitrogen and oxygen atoms in total. The van der Waals surface area contributed by atoms with Gasteiger partial charge in [0, 0.05) is 16.6 Å². The second-order valence-electron chi connectivity index (χ2n) is 13.4. The van der Waals surface area contributed by atoms with Crippen LogP contribution in [0.4, 0.5) is 0 Å². The second-order valence-corrected chi connectivity index (χ2v) is 13.4. The van der Waals surface area contributed by atoms with Crippen molar-refractivity contribution in [2.45, 2.75) is 140 Å². The molecule has 1 aliphatic carbocycles. The molecule has 1 saturated carbocycles. The van der Waals surface area contributed by atoms with Gasteiger partial charge < -0.3 is 25.4 Å². The number of hydrogen-bond donors (Lipinski definition) is 5. The lowest BCUT2D eigenvalue weighted by Crippen LogP contribution is -2.37. The summed E-state index contributed by atoms with van der Waals surface area (Å²) >= 11 is 0. The lowest BCUT2D eigenvalue weighted by atomic mass is 9.81. The standard InChI is InChI=1S/C37H55NO5/c1-2-3-4-5-8-17-32(39)18-9-6-7-10-19-33(36(41)42)35(40)20-22-37(43)21-13-16-30(37)26-31-24-29-23-27-14-11-12-15-28(27)25-34(29)38-31/h11-12,14-15,23-25,30,32-33,35,38-40,43H,2-10,13,16-22,26H2,1H3,(H,41,42). The molecule has 1 fully saturated rings. The normalized spacial score (nSPS) is 21.0. The third-order valence-electron chi connectivity index (χ3n) is 10.0. The summed E-state index contributed by atoms with van der Waals surface area (Å²) in [6, 6.07) is 14.9. The number of fused-ring (bicyclic) bond motifs is 2. The number of carboxylic acids is 1. The van der Waals surface area contributed by atoms with E-state index in [1.807, 2.05) is 6.07 Å². The van der Waals surface area contributed by atoms with Gasteiger partial charge >= 0.3 is 5.97 Å². The van der Waals surface area contributed by atoms with Gasteiger partial charge in [-0.3, -0.25) is 4.79 Å². The van der Waals surface area contributed by atoms with Crippen LogP contribution in [-0.2, 0) is 11.2 Å². The molecular weight excluding hydrogens is 538 g/mol. The number of rotatable bonds is 20. The van der Waals surface area contributed by atoms with Gasteiger partial charge in [-0.05, 0) is 86.3 Å². The molecule has 238 valence electrons. The first kappa shape index (κ1) is 33.5. The van der Waals surface area contributed by atoms with E-state index in [2.05, 4.69) is 48.3 Å². The zero-order valence-electron chi connectivity index (χ0n) is 26.3. The van der Waals surface area contributed by atoms with Crippen LogP contribution in [0.1, 0.15) is 122 Å². The third kappa shape index (κ3) is 9.79. The van der Waals surface area contributed by atoms with Crippen molar-refractivity contribution in [2.24, 2.45) is 11.8 Å². The Labute approximate surface area is 257 Å². The molecule has 5 atom stereocenters. The van der Waals surface area contributed by atoms with Crippen LogP contribution in [0, 0.1) is 11.8 Å². The van der Waals surface area contributed by atoms with E-state index >= 15 is 0 Å². The van der Waals surface area contributed by atoms with Crippen LogP contribution in [0.15, 0.2) is 42.5 Å². The predicted octanol–water partition coefficient (Wildman–Crippen LogP) is 8.30. The minimum atomic E-state index is -0.960. The Morgan fingerprint density at radius 3 is 2.21 bits per heavy atom. The molecule has 0 saturated heterocycles. The van der Waals surface area contributed by atoms with E-state index in [9.17, 15) is 25.2 Å². The maximum atomic E-state index is 12.0. The van der Waals surface area contributed by atoms with Crippen LogP contribution in [0.25, 0.3) is 21.7 Å². The second kappa shape index (κ2) is 16.6. The zero-order chi connectivity index (χ0) is 30.7. The summed E-state index contributed by atoms with van der Waals surface area (Å²) in [5.41, 5.74) is 1.33. The Morgan fingerprint density at radius 1 is 0.884 bits per heavy atom. The highest BCUT2D eigenvalue weighted by molar-refractivity contribution is 5.97. The van der Waals surface area contributed by atoms with Crippen molar-refractivity contribution in [1.29, 1.82) is 0 Å². The molecule has 0 aliphatic heterocycles. The summed E-state index contributed by atoms with van der Waals surface area (Å²) in [4.78, 5) is 15.6. The average molecular weight is 594 g/mol. The van der Waals surface area contributed by atoms with Gasteiger partial charge in [-0.25, -0.2) is 0 Å². The minimum absolute atomic E-state index is 0.0807. The first-order chi connectivity index (χ1) is 20.8. The molecule has 0 radical (unpaired) electrons. The lowest BCUT2D eigenvalue weighted by molar-refractivity contribution is -0.146. The largest absolute Gasteiger partial charge is 0.481 e. The Bertz CT molecular complexity index is 1220. The number of aromatic nitrogens is 1. The molecular formula is C37H55NO5. The van der Waals surface area contributed by atoms with E-state index in [1.165, 1.54) is 41.8 Å². The van der Waals surface area contributed by atoms with Crippen molar-refractivity contribution in [1.82, 2.24) is 4.98 Å². The molecule has 2 aromatic carbocycles. The molecule has 5 N–H and O–H groups in total. The van der Waals surface area contributed by atoms with E-state index in [0.717, 1.165) is 75.4 Å². The third-order valence-corrected chi connectivity index (χ3v) is 10.0. The first-order valence-electron chi connectivity index (χ1n) is 17.1. The van der Waals surface area contributed by atoms with Gasteiger partial charge in [0.05, 0.1) is 23.7 Å². The zero-order valence-corrected chi connectivity index (χ0v) is 26.3. The van der Waals surface area contributed by atoms with Crippen molar-refractivity contribution < 1.29 is 25.2 Å². The van der Waals surface area contributed by atoms with Crippen LogP contribution in [-0.4, -0.2) is 49.2 Å². The van der Waals surface area contributed by atoms with Crippen LogP contribution in [0.3, 0.4) is 0 Å². The summed E-state index contributed by atoms with van der Waals surface area (Å²) < 4.78 is 0. The molecule has 1 heterocycles. The fraction of sp³-hybridized carbons (Fsp3) is 0.649. The van der Waals surface area contributed by atoms with Crippen molar-refractivity contribution in [3.8, 4) is 0 Å². The van der Waals surface area contributed by atoms with Crippen molar-refractivity contribution in [3.63, 3.8) is 0 Å². The highest BCUT2D eigenvalue weighted by Crippen LogP contribution is 2.42. The van der Waals surface area contributed by atoms with Crippen molar-refractivity contribution in [2.75, 3.05) is 0 Å². The fourth-order valence-corrected chi connectivity index (χ4v) is 7.31. The lowest BCUT2D eigenvalue weighted by Gasteiger charge is -2.32. The molecule has 1 aliphatic rings. The van der Waals surface area contributed by atoms with E-state index in [-0.39, 0.29) is 12.0 Å². The smallest absolute Gasteiger partial charge is 0.309 e. The molecule has 0 spiro atoms. The van der Waals surface area contributed by atoms with Crippen LogP contribution in [0.2, 0.25) is 0 Å². The number of carboxylic acid groups (broad SMARTS) is 1. The molecule has 6 heteroatoms. The number of aliphatic hydroxyl groups is 3. The summed E-state index contributed by atoms with van der Waals surface area (Å²) in [5, 5.41) is 46.1. The number of nitrogens with one attached hydrogen (secondary N) is 1. The summed E-state index contributed by atoms with van der Waals surface area (Å²) in [6.07, 6.45) is 14.6. The molecule has 0 amide bonds. The van der Waals surface area contributed by atoms with Gasteiger partial charge in [0.2, 0.25) is 0 Å². The van der Waals surface area contributed by atoms with E-state index < -0.39 is 23.6 Å². The summed E-state index contributed by atoms with van der Waals surface area (Å²) in [7, 11) is 0. The quantitative estimate of drug-likeness (QED) is 0.0846. The Hall–Kier alpha value is -2.41. The molecule has 1 aromatic heterocycles. The molecule has 43 heavy (non-hydrogen) atoms. The Balaban J connectivity index is 1.19. The number of hydrogen-bond acceptors (Lipinski definition) is 4. The van der Waals surface area contributed by atoms with Gasteiger partial charge in [-0.1, -0.05) is 95.4 Å². The topological polar surface area (TPSA) is 114 Å². The van der Waals surface area contributed by atoms with Gasteiger partial charge in [0.15, 0.2) is 0 Å². The number of aliphatic carboxylic acids is 1. The van der Waals surface area contributed by atoms with Crippen molar-refractivity contribution in [3.05, 3.63) is 48.2 Å². The van der Waals surface area contributed by atoms with E-state index in [1.54, 1.807) is 0 Å². The van der Waals surface area contributed by atoms with Gasteiger partial charge in [-0.2, -0.15) is 0 Å². The maximum absolute atomic E-state index is 12.0. The van der Waals surface area contributed by atoms with Gasteiger partial charge in [0.25, 0.3) is 0 Å².